The molecule has 0 saturated heterocycles. The summed E-state index contributed by atoms with van der Waals surface area (Å²) in [5, 5.41) is 15.9. The average Bonchev–Trinajstić information content (AvgIpc) is 3.58. The third-order valence-corrected chi connectivity index (χ3v) is 10.2. The van der Waals surface area contributed by atoms with Gasteiger partial charge in [-0.1, -0.05) is 103 Å². The van der Waals surface area contributed by atoms with Crippen LogP contribution in [0.3, 0.4) is 0 Å². The molecule has 10 aromatic rings. The molecule has 0 atom stereocenters. The minimum absolute atomic E-state index is 1.19. The maximum absolute atomic E-state index is 2.47. The van der Waals surface area contributed by atoms with Gasteiger partial charge < -0.3 is 4.57 Å². The van der Waals surface area contributed by atoms with Crippen molar-refractivity contribution in [1.82, 2.24) is 4.57 Å². The monoisotopic (exact) mass is 549 g/mol. The molecule has 10 rings (SSSR count). The van der Waals surface area contributed by atoms with Gasteiger partial charge in [-0.2, -0.15) is 0 Å². The maximum Gasteiger partial charge on any atom is 0.0555 e. The molecule has 8 aromatic carbocycles. The van der Waals surface area contributed by atoms with Crippen molar-refractivity contribution in [1.29, 1.82) is 0 Å². The Morgan fingerprint density at radius 2 is 1.05 bits per heavy atom. The summed E-state index contributed by atoms with van der Waals surface area (Å²) in [6.45, 7) is 0. The molecule has 0 radical (unpaired) electrons. The van der Waals surface area contributed by atoms with Crippen LogP contribution in [0.15, 0.2) is 140 Å². The van der Waals surface area contributed by atoms with Crippen LogP contribution in [-0.4, -0.2) is 4.57 Å². The summed E-state index contributed by atoms with van der Waals surface area (Å²) in [4.78, 5) is 0. The fraction of sp³-hybridized carbons (Fsp3) is 0. The van der Waals surface area contributed by atoms with Crippen molar-refractivity contribution in [3.63, 3.8) is 0 Å². The molecule has 2 heteroatoms. The molecule has 0 aliphatic heterocycles. The van der Waals surface area contributed by atoms with E-state index in [4.69, 9.17) is 0 Å². The minimum atomic E-state index is 1.19. The second-order valence-corrected chi connectivity index (χ2v) is 12.4. The minimum Gasteiger partial charge on any atom is -0.309 e. The summed E-state index contributed by atoms with van der Waals surface area (Å²) in [6.07, 6.45) is 0. The molecule has 1 nitrogen and oxygen atoms in total. The van der Waals surface area contributed by atoms with Crippen molar-refractivity contribution < 1.29 is 0 Å². The number of nitrogens with zero attached hydrogens (tertiary/aromatic N) is 1. The Balaban J connectivity index is 1.44. The normalized spacial score (nSPS) is 12.3. The van der Waals surface area contributed by atoms with Crippen LogP contribution in [0.5, 0.6) is 0 Å². The Morgan fingerprint density at radius 1 is 0.357 bits per heavy atom. The number of hydrogen-bond donors (Lipinski definition) is 0. The van der Waals surface area contributed by atoms with Gasteiger partial charge in [0.1, 0.15) is 0 Å². The molecule has 0 spiro atoms. The van der Waals surface area contributed by atoms with Crippen molar-refractivity contribution in [3.05, 3.63) is 140 Å². The number of para-hydroxylation sites is 2. The lowest BCUT2D eigenvalue weighted by Crippen LogP contribution is -1.92. The van der Waals surface area contributed by atoms with Crippen LogP contribution in [0, 0.1) is 0 Å². The van der Waals surface area contributed by atoms with Crippen molar-refractivity contribution in [2.45, 2.75) is 0 Å². The molecule has 2 heterocycles. The Labute approximate surface area is 245 Å². The van der Waals surface area contributed by atoms with Crippen LogP contribution in [0.25, 0.3) is 90.8 Å². The van der Waals surface area contributed by atoms with Crippen LogP contribution in [0.1, 0.15) is 0 Å². The highest BCUT2D eigenvalue weighted by molar-refractivity contribution is 7.26. The van der Waals surface area contributed by atoms with E-state index < -0.39 is 0 Å². The second kappa shape index (κ2) is 8.19. The summed E-state index contributed by atoms with van der Waals surface area (Å²) in [7, 11) is 0. The lowest BCUT2D eigenvalue weighted by atomic mass is 9.89. The van der Waals surface area contributed by atoms with Gasteiger partial charge in [-0.3, -0.25) is 0 Å². The quantitative estimate of drug-likeness (QED) is 0.179. The van der Waals surface area contributed by atoms with Gasteiger partial charge in [0.25, 0.3) is 0 Å². The van der Waals surface area contributed by atoms with Gasteiger partial charge in [0, 0.05) is 36.6 Å². The Bertz CT molecular complexity index is 2730. The van der Waals surface area contributed by atoms with Gasteiger partial charge in [0.2, 0.25) is 0 Å². The zero-order chi connectivity index (χ0) is 27.4. The zero-order valence-electron chi connectivity index (χ0n) is 22.6. The topological polar surface area (TPSA) is 4.93 Å². The highest BCUT2D eigenvalue weighted by Crippen LogP contribution is 2.47. The van der Waals surface area contributed by atoms with E-state index in [0.29, 0.717) is 0 Å². The molecule has 0 aliphatic rings. The van der Waals surface area contributed by atoms with E-state index in [1.54, 1.807) is 0 Å². The predicted octanol–water partition coefficient (Wildman–Crippen LogP) is 11.8. The van der Waals surface area contributed by atoms with Crippen molar-refractivity contribution in [2.75, 3.05) is 0 Å². The molecule has 194 valence electrons. The molecule has 0 saturated carbocycles. The highest BCUT2D eigenvalue weighted by atomic mass is 32.1. The van der Waals surface area contributed by atoms with Crippen LogP contribution in [-0.2, 0) is 0 Å². The van der Waals surface area contributed by atoms with Crippen LogP contribution >= 0.6 is 11.3 Å². The van der Waals surface area contributed by atoms with Crippen molar-refractivity contribution in [3.8, 4) is 5.69 Å². The van der Waals surface area contributed by atoms with E-state index in [1.165, 1.54) is 90.8 Å². The number of rotatable bonds is 1. The number of benzene rings is 8. The van der Waals surface area contributed by atoms with E-state index in [1.807, 2.05) is 11.3 Å². The Hall–Kier alpha value is -5.18. The smallest absolute Gasteiger partial charge is 0.0555 e. The summed E-state index contributed by atoms with van der Waals surface area (Å²) >= 11 is 1.91. The molecule has 0 bridgehead atoms. The van der Waals surface area contributed by atoms with Gasteiger partial charge >= 0.3 is 0 Å². The molecule has 0 amide bonds. The number of fused-ring (bicyclic) bond motifs is 15. The summed E-state index contributed by atoms with van der Waals surface area (Å²) in [5.74, 6) is 0. The fourth-order valence-corrected chi connectivity index (χ4v) is 8.52. The van der Waals surface area contributed by atoms with Crippen LogP contribution < -0.4 is 0 Å². The second-order valence-electron chi connectivity index (χ2n) is 11.3. The summed E-state index contributed by atoms with van der Waals surface area (Å²) in [5.41, 5.74) is 3.69. The van der Waals surface area contributed by atoms with E-state index in [9.17, 15) is 0 Å². The average molecular weight is 550 g/mol. The van der Waals surface area contributed by atoms with E-state index in [0.717, 1.165) is 0 Å². The first-order valence-electron chi connectivity index (χ1n) is 14.4. The maximum atomic E-state index is 2.47. The van der Waals surface area contributed by atoms with Gasteiger partial charge in [-0.15, -0.1) is 11.3 Å². The molecule has 0 aliphatic carbocycles. The molecule has 0 N–H and O–H groups in total. The molecule has 2 aromatic heterocycles. The zero-order valence-corrected chi connectivity index (χ0v) is 23.5. The van der Waals surface area contributed by atoms with Crippen molar-refractivity contribution in [2.24, 2.45) is 0 Å². The van der Waals surface area contributed by atoms with Gasteiger partial charge in [0.15, 0.2) is 0 Å². The van der Waals surface area contributed by atoms with Gasteiger partial charge in [-0.25, -0.2) is 0 Å². The first kappa shape index (κ1) is 22.5. The SMILES string of the molecule is c1ccc(-n2c3ccccc3c3cc4c(cc32)sc2ccc3c5c6ccccc6ccc5c5ccccc5c3c24)cc1. The summed E-state index contributed by atoms with van der Waals surface area (Å²) < 4.78 is 5.08. The lowest BCUT2D eigenvalue weighted by Gasteiger charge is -2.14. The van der Waals surface area contributed by atoms with Crippen LogP contribution in [0.4, 0.5) is 0 Å². The third-order valence-electron chi connectivity index (χ3n) is 9.13. The molecule has 42 heavy (non-hydrogen) atoms. The molecule has 0 unspecified atom stereocenters. The largest absolute Gasteiger partial charge is 0.309 e. The first-order chi connectivity index (χ1) is 20.8. The summed E-state index contributed by atoms with van der Waals surface area (Å²) in [6, 6.07) is 51.6. The predicted molar refractivity (Wildman–Crippen MR) is 184 cm³/mol. The molecular weight excluding hydrogens is 527 g/mol. The number of aromatic nitrogens is 1. The Kier molecular flexibility index (Phi) is 4.39. The standard InChI is InChI=1S/C40H23NS/c1-2-11-25(12-3-1)41-34-17-9-8-15-28(34)32-22-33-37(23-35(32)41)42-36-21-20-31-38-26-13-5-4-10-24(26)18-19-30(38)27-14-6-7-16-29(27)39(31)40(33)36/h1-23H. The third kappa shape index (κ3) is 2.87. The highest BCUT2D eigenvalue weighted by Gasteiger charge is 2.19. The van der Waals surface area contributed by atoms with Crippen molar-refractivity contribution >= 4 is 96.4 Å². The fourth-order valence-electron chi connectivity index (χ4n) is 7.40. The van der Waals surface area contributed by atoms with Gasteiger partial charge in [0.05, 0.1) is 11.0 Å². The van der Waals surface area contributed by atoms with Crippen LogP contribution in [0.2, 0.25) is 0 Å². The van der Waals surface area contributed by atoms with Gasteiger partial charge in [-0.05, 0) is 79.5 Å². The lowest BCUT2D eigenvalue weighted by molar-refractivity contribution is 1.18. The first-order valence-corrected chi connectivity index (χ1v) is 15.3. The Morgan fingerprint density at radius 3 is 1.93 bits per heavy atom. The number of hydrogen-bond acceptors (Lipinski definition) is 1. The van der Waals surface area contributed by atoms with E-state index in [2.05, 4.69) is 144 Å². The van der Waals surface area contributed by atoms with E-state index >= 15 is 0 Å². The molecule has 0 fully saturated rings. The van der Waals surface area contributed by atoms with E-state index in [-0.39, 0.29) is 0 Å². The molecular formula is C40H23NS. The number of thiophene rings is 1.